The van der Waals surface area contributed by atoms with Crippen LogP contribution in [0, 0.1) is 5.41 Å². The highest BCUT2D eigenvalue weighted by molar-refractivity contribution is 6.31. The molecule has 176 valence electrons. The van der Waals surface area contributed by atoms with E-state index in [4.69, 9.17) is 27.5 Å². The normalized spacial score (nSPS) is 10.5. The number of aromatic nitrogens is 1. The molecule has 8 heteroatoms. The number of ether oxygens (including phenoxy) is 1. The lowest BCUT2D eigenvalue weighted by atomic mass is 10.1. The highest BCUT2D eigenvalue weighted by Gasteiger charge is 2.11. The first kappa shape index (κ1) is 23.8. The van der Waals surface area contributed by atoms with E-state index in [1.807, 2.05) is 30.3 Å². The molecule has 0 unspecified atom stereocenters. The van der Waals surface area contributed by atoms with Crippen molar-refractivity contribution in [3.63, 3.8) is 0 Å². The molecule has 7 nitrogen and oxygen atoms in total. The van der Waals surface area contributed by atoms with E-state index in [9.17, 15) is 9.59 Å². The summed E-state index contributed by atoms with van der Waals surface area (Å²) in [5, 5.41) is 11.4. The molecule has 0 saturated heterocycles. The van der Waals surface area contributed by atoms with Crippen molar-refractivity contribution < 1.29 is 9.53 Å². The molecule has 0 radical (unpaired) electrons. The first-order valence-corrected chi connectivity index (χ1v) is 11.2. The predicted molar refractivity (Wildman–Crippen MR) is 138 cm³/mol. The SMILES string of the molecule is N=C(CNC(=O)c1cccc(Oc2ccc(Cn3ccccc3=O)cc2)c1)c1cc(Cl)ccc1N. The number of pyridine rings is 1. The lowest BCUT2D eigenvalue weighted by Gasteiger charge is -2.11. The van der Waals surface area contributed by atoms with Crippen molar-refractivity contribution in [2.24, 2.45) is 0 Å². The number of hydrogen-bond donors (Lipinski definition) is 3. The molecule has 35 heavy (non-hydrogen) atoms. The maximum absolute atomic E-state index is 12.6. The van der Waals surface area contributed by atoms with Crippen LogP contribution in [0.1, 0.15) is 21.5 Å². The first-order chi connectivity index (χ1) is 16.9. The van der Waals surface area contributed by atoms with E-state index in [0.717, 1.165) is 5.56 Å². The number of nitrogens with two attached hydrogens (primary N) is 1. The Balaban J connectivity index is 1.37. The van der Waals surface area contributed by atoms with E-state index in [-0.39, 0.29) is 23.7 Å². The van der Waals surface area contributed by atoms with Crippen LogP contribution in [0.5, 0.6) is 11.5 Å². The van der Waals surface area contributed by atoms with Gasteiger partial charge in [-0.15, -0.1) is 0 Å². The molecule has 0 aliphatic heterocycles. The topological polar surface area (TPSA) is 110 Å². The Morgan fingerprint density at radius 3 is 2.54 bits per heavy atom. The highest BCUT2D eigenvalue weighted by Crippen LogP contribution is 2.23. The number of nitrogens with zero attached hydrogens (tertiary/aromatic N) is 1. The quantitative estimate of drug-likeness (QED) is 0.247. The second-order valence-corrected chi connectivity index (χ2v) is 8.27. The van der Waals surface area contributed by atoms with Crippen LogP contribution >= 0.6 is 11.6 Å². The average Bonchev–Trinajstić information content (AvgIpc) is 2.86. The molecule has 0 saturated carbocycles. The standard InChI is InChI=1S/C27H23ClN4O3/c28-20-9-12-24(29)23(15-20)25(30)16-31-27(34)19-4-3-5-22(14-19)35-21-10-7-18(8-11-21)17-32-13-2-1-6-26(32)33/h1-15,30H,16-17,29H2,(H,31,34). The molecule has 0 atom stereocenters. The van der Waals surface area contributed by atoms with E-state index in [1.165, 1.54) is 6.07 Å². The zero-order valence-corrected chi connectivity index (χ0v) is 19.5. The third-order valence-corrected chi connectivity index (χ3v) is 5.51. The molecule has 0 aliphatic rings. The highest BCUT2D eigenvalue weighted by atomic mass is 35.5. The maximum Gasteiger partial charge on any atom is 0.251 e. The van der Waals surface area contributed by atoms with Crippen molar-refractivity contribution in [3.05, 3.63) is 123 Å². The lowest BCUT2D eigenvalue weighted by Crippen LogP contribution is -2.29. The molecule has 0 fully saturated rings. The Hall–Kier alpha value is -4.36. The minimum atomic E-state index is -0.343. The van der Waals surface area contributed by atoms with Gasteiger partial charge in [-0.3, -0.25) is 9.59 Å². The van der Waals surface area contributed by atoms with Crippen LogP contribution in [0.25, 0.3) is 0 Å². The van der Waals surface area contributed by atoms with Gasteiger partial charge < -0.3 is 25.8 Å². The van der Waals surface area contributed by atoms with E-state index in [2.05, 4.69) is 5.32 Å². The number of nitrogen functional groups attached to an aromatic ring is 1. The van der Waals surface area contributed by atoms with E-state index >= 15 is 0 Å². The zero-order valence-electron chi connectivity index (χ0n) is 18.7. The summed E-state index contributed by atoms with van der Waals surface area (Å²) in [6.45, 7) is 0.464. The van der Waals surface area contributed by atoms with Gasteiger partial charge in [0.1, 0.15) is 11.5 Å². The Bertz CT molecular complexity index is 1430. The summed E-state index contributed by atoms with van der Waals surface area (Å²) >= 11 is 5.99. The summed E-state index contributed by atoms with van der Waals surface area (Å²) in [5.41, 5.74) is 8.27. The molecule has 4 rings (SSSR count). The summed E-state index contributed by atoms with van der Waals surface area (Å²) in [4.78, 5) is 24.5. The minimum Gasteiger partial charge on any atom is -0.457 e. The van der Waals surface area contributed by atoms with E-state index < -0.39 is 0 Å². The van der Waals surface area contributed by atoms with Gasteiger partial charge in [0, 0.05) is 34.1 Å². The number of benzene rings is 3. The Morgan fingerprint density at radius 1 is 0.971 bits per heavy atom. The molecule has 3 aromatic carbocycles. The van der Waals surface area contributed by atoms with Crippen LogP contribution < -0.4 is 21.3 Å². The Morgan fingerprint density at radius 2 is 1.77 bits per heavy atom. The van der Waals surface area contributed by atoms with Crippen molar-refractivity contribution in [2.75, 3.05) is 12.3 Å². The van der Waals surface area contributed by atoms with Gasteiger partial charge in [-0.2, -0.15) is 0 Å². The molecule has 0 bridgehead atoms. The summed E-state index contributed by atoms with van der Waals surface area (Å²) < 4.78 is 7.52. The lowest BCUT2D eigenvalue weighted by molar-refractivity contribution is 0.0959. The van der Waals surface area contributed by atoms with Crippen molar-refractivity contribution in [1.82, 2.24) is 9.88 Å². The number of halogens is 1. The number of rotatable bonds is 8. The minimum absolute atomic E-state index is 0.000420. The van der Waals surface area contributed by atoms with Crippen LogP contribution in [0.15, 0.2) is 95.9 Å². The molecule has 4 N–H and O–H groups in total. The second-order valence-electron chi connectivity index (χ2n) is 7.83. The molecule has 1 heterocycles. The van der Waals surface area contributed by atoms with Gasteiger partial charge in [0.25, 0.3) is 11.5 Å². The van der Waals surface area contributed by atoms with Crippen LogP contribution in [0.3, 0.4) is 0 Å². The third kappa shape index (κ3) is 6.16. The molecule has 1 amide bonds. The fourth-order valence-electron chi connectivity index (χ4n) is 3.44. The number of anilines is 1. The third-order valence-electron chi connectivity index (χ3n) is 5.27. The molecule has 0 aliphatic carbocycles. The van der Waals surface area contributed by atoms with Gasteiger partial charge in [0.05, 0.1) is 18.8 Å². The van der Waals surface area contributed by atoms with Gasteiger partial charge in [0.15, 0.2) is 0 Å². The van der Waals surface area contributed by atoms with Crippen molar-refractivity contribution in [1.29, 1.82) is 5.41 Å². The number of carbonyl (C=O) groups is 1. The summed E-state index contributed by atoms with van der Waals surface area (Å²) in [6.07, 6.45) is 1.74. The molecule has 4 aromatic rings. The molecular weight excluding hydrogens is 464 g/mol. The Labute approximate surface area is 207 Å². The average molecular weight is 487 g/mol. The van der Waals surface area contributed by atoms with Gasteiger partial charge in [0.2, 0.25) is 0 Å². The number of carbonyl (C=O) groups excluding carboxylic acids is 1. The zero-order chi connectivity index (χ0) is 24.8. The smallest absolute Gasteiger partial charge is 0.251 e. The van der Waals surface area contributed by atoms with Crippen LogP contribution in [-0.4, -0.2) is 22.7 Å². The van der Waals surface area contributed by atoms with Crippen LogP contribution in [-0.2, 0) is 6.54 Å². The first-order valence-electron chi connectivity index (χ1n) is 10.8. The molecular formula is C27H23ClN4O3. The molecule has 1 aromatic heterocycles. The van der Waals surface area contributed by atoms with Gasteiger partial charge in [-0.05, 0) is 60.2 Å². The van der Waals surface area contributed by atoms with Crippen molar-refractivity contribution in [3.8, 4) is 11.5 Å². The van der Waals surface area contributed by atoms with Crippen molar-refractivity contribution in [2.45, 2.75) is 6.54 Å². The van der Waals surface area contributed by atoms with E-state index in [1.54, 1.807) is 59.3 Å². The largest absolute Gasteiger partial charge is 0.457 e. The number of nitrogens with one attached hydrogen (secondary N) is 2. The van der Waals surface area contributed by atoms with Gasteiger partial charge >= 0.3 is 0 Å². The summed E-state index contributed by atoms with van der Waals surface area (Å²) in [5.74, 6) is 0.758. The maximum atomic E-state index is 12.6. The Kier molecular flexibility index (Phi) is 7.28. The molecule has 0 spiro atoms. The number of amides is 1. The second kappa shape index (κ2) is 10.7. The fourth-order valence-corrected chi connectivity index (χ4v) is 3.62. The number of hydrogen-bond acceptors (Lipinski definition) is 5. The predicted octanol–water partition coefficient (Wildman–Crippen LogP) is 4.72. The monoisotopic (exact) mass is 486 g/mol. The van der Waals surface area contributed by atoms with E-state index in [0.29, 0.717) is 39.9 Å². The van der Waals surface area contributed by atoms with Gasteiger partial charge in [-0.25, -0.2) is 0 Å². The van der Waals surface area contributed by atoms with Crippen LogP contribution in [0.2, 0.25) is 5.02 Å². The summed E-state index contributed by atoms with van der Waals surface area (Å²) in [7, 11) is 0. The summed E-state index contributed by atoms with van der Waals surface area (Å²) in [6, 6.07) is 24.1. The fraction of sp³-hybridized carbons (Fsp3) is 0.0741. The van der Waals surface area contributed by atoms with Gasteiger partial charge in [-0.1, -0.05) is 35.9 Å². The van der Waals surface area contributed by atoms with Crippen LogP contribution in [0.4, 0.5) is 5.69 Å². The van der Waals surface area contributed by atoms with Crippen molar-refractivity contribution >= 4 is 28.9 Å².